The molecule has 1 aromatic heterocycles. The first-order chi connectivity index (χ1) is 15.2. The number of aromatic nitrogens is 1. The van der Waals surface area contributed by atoms with E-state index in [1.165, 1.54) is 6.20 Å². The highest BCUT2D eigenvalue weighted by atomic mass is 16.5. The van der Waals surface area contributed by atoms with E-state index in [9.17, 15) is 9.59 Å². The van der Waals surface area contributed by atoms with Crippen LogP contribution in [0.25, 0.3) is 0 Å². The number of amidine groups is 1. The topological polar surface area (TPSA) is 96.3 Å². The molecule has 154 valence electrons. The van der Waals surface area contributed by atoms with Gasteiger partial charge in [0.25, 0.3) is 11.8 Å². The second-order valence-corrected chi connectivity index (χ2v) is 7.20. The Kier molecular flexibility index (Phi) is 4.66. The van der Waals surface area contributed by atoms with Gasteiger partial charge >= 0.3 is 0 Å². The number of hydrogen-bond acceptors (Lipinski definition) is 6. The smallest absolute Gasteiger partial charge is 0.256 e. The normalized spacial score (nSPS) is 19.8. The lowest BCUT2D eigenvalue weighted by Crippen LogP contribution is -2.44. The van der Waals surface area contributed by atoms with Crippen LogP contribution in [0.4, 0.5) is 0 Å². The lowest BCUT2D eigenvalue weighted by atomic mass is 10.1. The van der Waals surface area contributed by atoms with Gasteiger partial charge < -0.3 is 15.0 Å². The third-order valence-corrected chi connectivity index (χ3v) is 5.34. The Balaban J connectivity index is 1.62. The van der Waals surface area contributed by atoms with Crippen molar-refractivity contribution in [3.8, 4) is 0 Å². The number of benzene rings is 1. The average Bonchev–Trinajstić information content (AvgIpc) is 2.97. The number of nitrogens with one attached hydrogen (secondary N) is 1. The summed E-state index contributed by atoms with van der Waals surface area (Å²) in [6.07, 6.45) is 5.70. The lowest BCUT2D eigenvalue weighted by Gasteiger charge is -2.26. The van der Waals surface area contributed by atoms with Gasteiger partial charge in [-0.1, -0.05) is 36.4 Å². The molecule has 4 heterocycles. The van der Waals surface area contributed by atoms with Crippen molar-refractivity contribution in [2.24, 2.45) is 9.98 Å². The summed E-state index contributed by atoms with van der Waals surface area (Å²) in [6.45, 7) is 0.508. The fourth-order valence-electron chi connectivity index (χ4n) is 3.91. The van der Waals surface area contributed by atoms with Crippen molar-refractivity contribution in [2.45, 2.75) is 12.5 Å². The molecule has 2 amide bonds. The molecule has 1 unspecified atom stereocenters. The van der Waals surface area contributed by atoms with Gasteiger partial charge in [-0.05, 0) is 18.6 Å². The minimum atomic E-state index is -0.922. The highest BCUT2D eigenvalue weighted by Gasteiger charge is 2.45. The van der Waals surface area contributed by atoms with E-state index in [2.05, 4.69) is 15.3 Å². The minimum Gasteiger partial charge on any atom is -0.480 e. The molecule has 1 N–H and O–H groups in total. The molecule has 2 aromatic rings. The maximum absolute atomic E-state index is 13.3. The molecule has 0 saturated carbocycles. The number of nitrogens with zero attached hydrogens (tertiary/aromatic N) is 4. The Hall–Kier alpha value is -4.07. The summed E-state index contributed by atoms with van der Waals surface area (Å²) >= 11 is 0. The number of carbonyl (C=O) groups is 2. The Bertz CT molecular complexity index is 1180. The monoisotopic (exact) mass is 413 g/mol. The van der Waals surface area contributed by atoms with Crippen LogP contribution in [-0.2, 0) is 9.53 Å². The number of carbonyl (C=O) groups excluding carboxylic acids is 2. The summed E-state index contributed by atoms with van der Waals surface area (Å²) in [6, 6.07) is 11.9. The highest BCUT2D eigenvalue weighted by Crippen LogP contribution is 2.37. The van der Waals surface area contributed by atoms with Crippen LogP contribution in [0.15, 0.2) is 87.9 Å². The van der Waals surface area contributed by atoms with Crippen molar-refractivity contribution in [3.05, 3.63) is 89.0 Å². The molecule has 0 radical (unpaired) electrons. The lowest BCUT2D eigenvalue weighted by molar-refractivity contribution is -0.128. The van der Waals surface area contributed by atoms with Crippen molar-refractivity contribution < 1.29 is 14.3 Å². The number of hydrogen-bond donors (Lipinski definition) is 1. The first kappa shape index (κ1) is 18.9. The van der Waals surface area contributed by atoms with Crippen LogP contribution in [0.2, 0.25) is 0 Å². The van der Waals surface area contributed by atoms with E-state index >= 15 is 0 Å². The predicted molar refractivity (Wildman–Crippen MR) is 114 cm³/mol. The maximum atomic E-state index is 13.3. The molecule has 31 heavy (non-hydrogen) atoms. The van der Waals surface area contributed by atoms with Crippen LogP contribution in [-0.4, -0.2) is 53.1 Å². The summed E-state index contributed by atoms with van der Waals surface area (Å²) in [4.78, 5) is 41.1. The second-order valence-electron chi connectivity index (χ2n) is 7.20. The van der Waals surface area contributed by atoms with Gasteiger partial charge in [-0.15, -0.1) is 0 Å². The van der Waals surface area contributed by atoms with Gasteiger partial charge in [0.1, 0.15) is 0 Å². The molecule has 5 rings (SSSR count). The average molecular weight is 413 g/mol. The van der Waals surface area contributed by atoms with Crippen molar-refractivity contribution >= 4 is 23.5 Å². The van der Waals surface area contributed by atoms with Crippen LogP contribution in [0.3, 0.4) is 0 Å². The molecule has 8 heteroatoms. The molecule has 1 aromatic carbocycles. The van der Waals surface area contributed by atoms with Crippen LogP contribution >= 0.6 is 0 Å². The highest BCUT2D eigenvalue weighted by molar-refractivity contribution is 6.14. The van der Waals surface area contributed by atoms with Gasteiger partial charge in [0.05, 0.1) is 29.6 Å². The van der Waals surface area contributed by atoms with E-state index < -0.39 is 11.9 Å². The Morgan fingerprint density at radius 3 is 2.74 bits per heavy atom. The van der Waals surface area contributed by atoms with E-state index in [-0.39, 0.29) is 5.91 Å². The number of rotatable bonds is 3. The Labute approximate surface area is 178 Å². The van der Waals surface area contributed by atoms with Crippen molar-refractivity contribution in [1.82, 2.24) is 15.2 Å². The van der Waals surface area contributed by atoms with Crippen molar-refractivity contribution in [1.29, 1.82) is 0 Å². The fourth-order valence-corrected chi connectivity index (χ4v) is 3.91. The van der Waals surface area contributed by atoms with Crippen LogP contribution in [0.1, 0.15) is 22.3 Å². The van der Waals surface area contributed by atoms with E-state index in [0.717, 1.165) is 5.56 Å². The van der Waals surface area contributed by atoms with E-state index in [0.29, 0.717) is 47.2 Å². The fraction of sp³-hybridized carbons (Fsp3) is 0.174. The van der Waals surface area contributed by atoms with Crippen LogP contribution in [0.5, 0.6) is 0 Å². The number of amides is 2. The number of pyridine rings is 1. The molecule has 8 nitrogen and oxygen atoms in total. The van der Waals surface area contributed by atoms with Gasteiger partial charge in [-0.25, -0.2) is 4.99 Å². The maximum Gasteiger partial charge on any atom is 0.256 e. The zero-order valence-electron chi connectivity index (χ0n) is 16.8. The minimum absolute atomic E-state index is 0.221. The van der Waals surface area contributed by atoms with Gasteiger partial charge in [0.15, 0.2) is 11.9 Å². The number of ether oxygens (including phenoxy) is 1. The van der Waals surface area contributed by atoms with Crippen LogP contribution < -0.4 is 5.32 Å². The largest absolute Gasteiger partial charge is 0.480 e. The van der Waals surface area contributed by atoms with Gasteiger partial charge in [-0.2, -0.15) is 4.99 Å². The third kappa shape index (κ3) is 3.22. The van der Waals surface area contributed by atoms with Crippen molar-refractivity contribution in [3.63, 3.8) is 0 Å². The molecule has 0 saturated heterocycles. The van der Waals surface area contributed by atoms with E-state index in [1.54, 1.807) is 30.3 Å². The molecule has 3 aliphatic heterocycles. The quantitative estimate of drug-likeness (QED) is 0.833. The molecule has 0 spiro atoms. The zero-order valence-corrected chi connectivity index (χ0v) is 16.8. The van der Waals surface area contributed by atoms with E-state index in [1.807, 2.05) is 36.4 Å². The number of aliphatic imine (C=N–C) groups is 2. The zero-order chi connectivity index (χ0) is 21.4. The summed E-state index contributed by atoms with van der Waals surface area (Å²) in [5, 5.41) is 2.84. The molecular formula is C23H19N5O3. The van der Waals surface area contributed by atoms with Gasteiger partial charge in [-0.3, -0.25) is 14.6 Å². The van der Waals surface area contributed by atoms with Gasteiger partial charge in [0.2, 0.25) is 5.90 Å². The molecule has 0 fully saturated rings. The first-order valence-electron chi connectivity index (χ1n) is 9.91. The Morgan fingerprint density at radius 1 is 1.16 bits per heavy atom. The summed E-state index contributed by atoms with van der Waals surface area (Å²) in [5.74, 6) is 0.203. The molecule has 1 atom stereocenters. The predicted octanol–water partition coefficient (Wildman–Crippen LogP) is 2.07. The SMILES string of the molecule is COC1=NC(c2ccccc2)=NC2=C3C1=CCCN3C(=O)C2NC(=O)c1cccnc1. The first-order valence-corrected chi connectivity index (χ1v) is 9.91. The number of methoxy groups -OCH3 is 1. The molecule has 0 bridgehead atoms. The van der Waals surface area contributed by atoms with E-state index in [4.69, 9.17) is 9.73 Å². The molecule has 3 aliphatic rings. The molecule has 0 aliphatic carbocycles. The summed E-state index contributed by atoms with van der Waals surface area (Å²) < 4.78 is 5.57. The summed E-state index contributed by atoms with van der Waals surface area (Å²) in [7, 11) is 1.55. The summed E-state index contributed by atoms with van der Waals surface area (Å²) in [5.41, 5.74) is 2.97. The Morgan fingerprint density at radius 2 is 2.00 bits per heavy atom. The third-order valence-electron chi connectivity index (χ3n) is 5.34. The standard InChI is InChI=1S/C23H19N5O3/c1-31-22-16-10-6-12-28-19(16)17(25-20(27-22)14-7-3-2-4-8-14)18(23(28)30)26-21(29)15-9-5-11-24-13-15/h2-5,7-11,13,18H,6,12H2,1H3,(H,26,29). The van der Waals surface area contributed by atoms with Gasteiger partial charge in [0, 0.05) is 24.5 Å². The van der Waals surface area contributed by atoms with Crippen LogP contribution in [0, 0.1) is 0 Å². The second kappa shape index (κ2) is 7.64. The molecular weight excluding hydrogens is 394 g/mol. The van der Waals surface area contributed by atoms with Crippen molar-refractivity contribution in [2.75, 3.05) is 13.7 Å².